The number of halogens is 1. The van der Waals surface area contributed by atoms with E-state index in [0.717, 1.165) is 5.69 Å². The van der Waals surface area contributed by atoms with Gasteiger partial charge >= 0.3 is 6.09 Å². The standard InChI is InChI=1S/C17H15ClN4O3S/c18-14-7-13(22-5-4-19-10-22)6-12(8-21-17(24)25)15(14)26-16-11(9-23)2-1-3-20-16/h1-7,10,21,23H,8-9H2,(H,24,25). The maximum Gasteiger partial charge on any atom is 0.404 e. The Morgan fingerprint density at radius 1 is 1.31 bits per heavy atom. The van der Waals surface area contributed by atoms with Crippen LogP contribution >= 0.6 is 23.4 Å². The quantitative estimate of drug-likeness (QED) is 0.597. The molecule has 1 aromatic carbocycles. The Morgan fingerprint density at radius 3 is 2.85 bits per heavy atom. The number of aliphatic hydroxyl groups excluding tert-OH is 1. The van der Waals surface area contributed by atoms with Gasteiger partial charge in [-0.15, -0.1) is 0 Å². The van der Waals surface area contributed by atoms with Crippen LogP contribution in [0.15, 0.2) is 59.1 Å². The highest BCUT2D eigenvalue weighted by Gasteiger charge is 2.15. The van der Waals surface area contributed by atoms with Crippen LogP contribution < -0.4 is 5.32 Å². The zero-order valence-electron chi connectivity index (χ0n) is 13.5. The maximum atomic E-state index is 10.9. The van der Waals surface area contributed by atoms with Crippen molar-refractivity contribution >= 4 is 29.5 Å². The van der Waals surface area contributed by atoms with Crippen molar-refractivity contribution in [3.05, 3.63) is 65.3 Å². The molecule has 0 bridgehead atoms. The molecular weight excluding hydrogens is 376 g/mol. The van der Waals surface area contributed by atoms with Crippen LogP contribution in [-0.2, 0) is 13.2 Å². The van der Waals surface area contributed by atoms with Crippen molar-refractivity contribution in [2.45, 2.75) is 23.1 Å². The van der Waals surface area contributed by atoms with Crippen molar-refractivity contribution in [2.75, 3.05) is 0 Å². The largest absolute Gasteiger partial charge is 0.465 e. The number of pyridine rings is 1. The highest BCUT2D eigenvalue weighted by Crippen LogP contribution is 2.38. The molecule has 2 aromatic heterocycles. The molecule has 3 aromatic rings. The van der Waals surface area contributed by atoms with Crippen LogP contribution in [-0.4, -0.2) is 30.8 Å². The van der Waals surface area contributed by atoms with Crippen LogP contribution in [0.4, 0.5) is 4.79 Å². The minimum absolute atomic E-state index is 0.0845. The minimum Gasteiger partial charge on any atom is -0.465 e. The molecule has 0 atom stereocenters. The fraction of sp³-hybridized carbons (Fsp3) is 0.118. The highest BCUT2D eigenvalue weighted by atomic mass is 35.5. The van der Waals surface area contributed by atoms with E-state index < -0.39 is 6.09 Å². The molecule has 0 radical (unpaired) electrons. The summed E-state index contributed by atoms with van der Waals surface area (Å²) in [6.45, 7) is -0.0646. The predicted molar refractivity (Wildman–Crippen MR) is 97.7 cm³/mol. The molecule has 0 saturated heterocycles. The normalized spacial score (nSPS) is 10.7. The zero-order valence-corrected chi connectivity index (χ0v) is 15.0. The first-order chi connectivity index (χ1) is 12.6. The monoisotopic (exact) mass is 390 g/mol. The van der Waals surface area contributed by atoms with Gasteiger partial charge in [0.1, 0.15) is 5.03 Å². The van der Waals surface area contributed by atoms with Crippen molar-refractivity contribution in [1.29, 1.82) is 0 Å². The van der Waals surface area contributed by atoms with Gasteiger partial charge in [0.25, 0.3) is 0 Å². The second kappa shape index (κ2) is 8.22. The van der Waals surface area contributed by atoms with Crippen molar-refractivity contribution in [3.63, 3.8) is 0 Å². The van der Waals surface area contributed by atoms with Crippen LogP contribution in [0.5, 0.6) is 0 Å². The number of amides is 1. The number of carbonyl (C=O) groups is 1. The molecule has 3 rings (SSSR count). The minimum atomic E-state index is -1.13. The Hall–Kier alpha value is -2.55. The first-order valence-electron chi connectivity index (χ1n) is 7.58. The Morgan fingerprint density at radius 2 is 2.15 bits per heavy atom. The van der Waals surface area contributed by atoms with Crippen LogP contribution in [0.1, 0.15) is 11.1 Å². The molecule has 0 unspecified atom stereocenters. The van der Waals surface area contributed by atoms with Gasteiger partial charge in [0.15, 0.2) is 0 Å². The topological polar surface area (TPSA) is 100 Å². The first-order valence-corrected chi connectivity index (χ1v) is 8.78. The number of aliphatic hydroxyl groups is 1. The summed E-state index contributed by atoms with van der Waals surface area (Å²) in [7, 11) is 0. The Kier molecular flexibility index (Phi) is 5.77. The van der Waals surface area contributed by atoms with E-state index in [2.05, 4.69) is 15.3 Å². The average Bonchev–Trinajstić information content (AvgIpc) is 3.17. The summed E-state index contributed by atoms with van der Waals surface area (Å²) in [5.41, 5.74) is 2.13. The number of rotatable bonds is 6. The van der Waals surface area contributed by atoms with Gasteiger partial charge in [-0.2, -0.15) is 0 Å². The van der Waals surface area contributed by atoms with Gasteiger partial charge in [0, 0.05) is 41.3 Å². The predicted octanol–water partition coefficient (Wildman–Crippen LogP) is 3.33. The SMILES string of the molecule is O=C(O)NCc1cc(-n2ccnc2)cc(Cl)c1Sc1ncccc1CO. The van der Waals surface area contributed by atoms with Crippen LogP contribution in [0.3, 0.4) is 0 Å². The fourth-order valence-electron chi connectivity index (χ4n) is 2.34. The van der Waals surface area contributed by atoms with Crippen molar-refractivity contribution < 1.29 is 15.0 Å². The van der Waals surface area contributed by atoms with Gasteiger partial charge in [0.2, 0.25) is 0 Å². The smallest absolute Gasteiger partial charge is 0.404 e. The molecule has 7 nitrogen and oxygen atoms in total. The second-order valence-electron chi connectivity index (χ2n) is 5.27. The Balaban J connectivity index is 2.03. The summed E-state index contributed by atoms with van der Waals surface area (Å²) < 4.78 is 1.78. The van der Waals surface area contributed by atoms with E-state index in [0.29, 0.717) is 26.1 Å². The van der Waals surface area contributed by atoms with Gasteiger partial charge in [-0.3, -0.25) is 0 Å². The van der Waals surface area contributed by atoms with Crippen molar-refractivity contribution in [3.8, 4) is 5.69 Å². The number of aromatic nitrogens is 3. The molecule has 0 aliphatic rings. The molecule has 3 N–H and O–H groups in total. The van der Waals surface area contributed by atoms with E-state index in [9.17, 15) is 9.90 Å². The zero-order chi connectivity index (χ0) is 18.5. The summed E-state index contributed by atoms with van der Waals surface area (Å²) >= 11 is 7.78. The molecule has 0 aliphatic carbocycles. The lowest BCUT2D eigenvalue weighted by atomic mass is 10.2. The number of carboxylic acid groups (broad SMARTS) is 1. The lowest BCUT2D eigenvalue weighted by Gasteiger charge is -2.15. The van der Waals surface area contributed by atoms with Gasteiger partial charge in [-0.05, 0) is 23.8 Å². The summed E-state index contributed by atoms with van der Waals surface area (Å²) in [5, 5.41) is 21.9. The Labute approximate surface area is 158 Å². The van der Waals surface area contributed by atoms with Crippen LogP contribution in [0.2, 0.25) is 5.02 Å². The van der Waals surface area contributed by atoms with Crippen LogP contribution in [0, 0.1) is 0 Å². The van der Waals surface area contributed by atoms with E-state index >= 15 is 0 Å². The number of hydrogen-bond donors (Lipinski definition) is 3. The van der Waals surface area contributed by atoms with E-state index in [1.54, 1.807) is 47.7 Å². The van der Waals surface area contributed by atoms with Gasteiger partial charge in [0.05, 0.1) is 18.0 Å². The molecular formula is C17H15ClN4O3S. The molecule has 134 valence electrons. The third-order valence-electron chi connectivity index (χ3n) is 3.56. The molecule has 0 fully saturated rings. The molecule has 2 heterocycles. The summed E-state index contributed by atoms with van der Waals surface area (Å²) in [6.07, 6.45) is 5.56. The molecule has 0 spiro atoms. The van der Waals surface area contributed by atoms with E-state index in [4.69, 9.17) is 16.7 Å². The molecule has 9 heteroatoms. The lowest BCUT2D eigenvalue weighted by Crippen LogP contribution is -2.20. The second-order valence-corrected chi connectivity index (χ2v) is 6.68. The number of benzene rings is 1. The number of imidazole rings is 1. The third-order valence-corrected chi connectivity index (χ3v) is 5.21. The fourth-order valence-corrected chi connectivity index (χ4v) is 3.68. The average molecular weight is 391 g/mol. The summed E-state index contributed by atoms with van der Waals surface area (Å²) in [5.74, 6) is 0. The molecule has 1 amide bonds. The molecule has 0 saturated carbocycles. The van der Waals surface area contributed by atoms with Crippen molar-refractivity contribution in [2.24, 2.45) is 0 Å². The lowest BCUT2D eigenvalue weighted by molar-refractivity contribution is 0.194. The van der Waals surface area contributed by atoms with Crippen molar-refractivity contribution in [1.82, 2.24) is 19.9 Å². The third kappa shape index (κ3) is 4.16. The number of hydrogen-bond acceptors (Lipinski definition) is 5. The number of nitrogens with zero attached hydrogens (tertiary/aromatic N) is 3. The van der Waals surface area contributed by atoms with E-state index in [-0.39, 0.29) is 13.2 Å². The molecule has 26 heavy (non-hydrogen) atoms. The number of nitrogens with one attached hydrogen (secondary N) is 1. The van der Waals surface area contributed by atoms with Crippen LogP contribution in [0.25, 0.3) is 5.69 Å². The van der Waals surface area contributed by atoms with Gasteiger partial charge < -0.3 is 20.1 Å². The Bertz CT molecular complexity index is 918. The summed E-state index contributed by atoms with van der Waals surface area (Å²) in [4.78, 5) is 19.9. The first kappa shape index (κ1) is 18.2. The van der Waals surface area contributed by atoms with Gasteiger partial charge in [-0.25, -0.2) is 14.8 Å². The van der Waals surface area contributed by atoms with E-state index in [1.165, 1.54) is 11.8 Å². The van der Waals surface area contributed by atoms with E-state index in [1.807, 2.05) is 6.07 Å². The maximum absolute atomic E-state index is 10.9. The summed E-state index contributed by atoms with van der Waals surface area (Å²) in [6, 6.07) is 7.13. The van der Waals surface area contributed by atoms with Gasteiger partial charge in [-0.1, -0.05) is 29.4 Å². The highest BCUT2D eigenvalue weighted by molar-refractivity contribution is 7.99. The molecule has 0 aliphatic heterocycles.